The van der Waals surface area contributed by atoms with E-state index in [1.807, 2.05) is 55.5 Å². The van der Waals surface area contributed by atoms with Gasteiger partial charge in [0.1, 0.15) is 5.75 Å². The van der Waals surface area contributed by atoms with Crippen molar-refractivity contribution < 1.29 is 9.53 Å². The van der Waals surface area contributed by atoms with Crippen molar-refractivity contribution in [2.45, 2.75) is 12.1 Å². The summed E-state index contributed by atoms with van der Waals surface area (Å²) in [5.74, 6) is 6.99. The van der Waals surface area contributed by atoms with Gasteiger partial charge in [-0.3, -0.25) is 4.79 Å². The second kappa shape index (κ2) is 9.60. The van der Waals surface area contributed by atoms with E-state index >= 15 is 0 Å². The maximum absolute atomic E-state index is 12.1. The summed E-state index contributed by atoms with van der Waals surface area (Å²) in [6, 6.07) is 15.0. The van der Waals surface area contributed by atoms with Crippen LogP contribution in [-0.2, 0) is 4.79 Å². The molecule has 150 valence electrons. The number of ether oxygens (including phenoxy) is 1. The molecule has 0 saturated carbocycles. The van der Waals surface area contributed by atoms with Crippen LogP contribution in [-0.4, -0.2) is 39.9 Å². The van der Waals surface area contributed by atoms with Crippen molar-refractivity contribution in [3.8, 4) is 5.75 Å². The van der Waals surface area contributed by atoms with Gasteiger partial charge in [0.15, 0.2) is 0 Å². The molecule has 10 heteroatoms. The van der Waals surface area contributed by atoms with E-state index in [0.29, 0.717) is 5.16 Å². The fourth-order valence-electron chi connectivity index (χ4n) is 2.36. The summed E-state index contributed by atoms with van der Waals surface area (Å²) in [6.07, 6.45) is 1.62. The van der Waals surface area contributed by atoms with E-state index in [0.717, 1.165) is 22.6 Å². The van der Waals surface area contributed by atoms with Gasteiger partial charge in [0.2, 0.25) is 11.1 Å². The Labute approximate surface area is 172 Å². The minimum atomic E-state index is -0.157. The number of aryl methyl sites for hydroxylation is 1. The molecule has 4 N–H and O–H groups in total. The largest absolute Gasteiger partial charge is 0.497 e. The molecule has 0 saturated heterocycles. The number of hydrazone groups is 1. The van der Waals surface area contributed by atoms with E-state index in [4.69, 9.17) is 10.6 Å². The van der Waals surface area contributed by atoms with Crippen molar-refractivity contribution in [3.05, 3.63) is 59.7 Å². The van der Waals surface area contributed by atoms with Crippen LogP contribution in [0.25, 0.3) is 0 Å². The third-order valence-electron chi connectivity index (χ3n) is 3.79. The lowest BCUT2D eigenvalue weighted by molar-refractivity contribution is -0.113. The number of nitrogens with zero attached hydrogens (tertiary/aromatic N) is 4. The van der Waals surface area contributed by atoms with Gasteiger partial charge >= 0.3 is 0 Å². The van der Waals surface area contributed by atoms with Crippen molar-refractivity contribution in [2.75, 3.05) is 29.4 Å². The number of hydrogen-bond acceptors (Lipinski definition) is 8. The van der Waals surface area contributed by atoms with Gasteiger partial charge in [-0.2, -0.15) is 5.10 Å². The van der Waals surface area contributed by atoms with E-state index in [-0.39, 0.29) is 17.6 Å². The SMILES string of the molecule is COc1ccc(/C=N/Nc2nnc(SCC(=O)Nc3cccc(C)c3)n2N)cc1. The molecule has 1 heterocycles. The normalized spacial score (nSPS) is 10.8. The molecule has 1 amide bonds. The predicted octanol–water partition coefficient (Wildman–Crippen LogP) is 2.49. The van der Waals surface area contributed by atoms with Crippen LogP contribution in [0.1, 0.15) is 11.1 Å². The summed E-state index contributed by atoms with van der Waals surface area (Å²) in [4.78, 5) is 12.1. The van der Waals surface area contributed by atoms with Crippen LogP contribution in [0.2, 0.25) is 0 Å². The standard InChI is InChI=1S/C19H21N7O2S/c1-13-4-3-5-15(10-13)22-17(27)12-29-19-25-24-18(26(19)20)23-21-11-14-6-8-16(28-2)9-7-14/h3-11H,12,20H2,1-2H3,(H,22,27)(H,23,24)/b21-11+. The molecule has 9 nitrogen and oxygen atoms in total. The number of hydrogen-bond donors (Lipinski definition) is 3. The molecular formula is C19H21N7O2S. The number of nitrogens with one attached hydrogen (secondary N) is 2. The Morgan fingerprint density at radius 2 is 2.07 bits per heavy atom. The lowest BCUT2D eigenvalue weighted by atomic mass is 10.2. The van der Waals surface area contributed by atoms with Crippen molar-refractivity contribution in [1.82, 2.24) is 14.9 Å². The van der Waals surface area contributed by atoms with Crippen LogP contribution in [0.3, 0.4) is 0 Å². The average Bonchev–Trinajstić information content (AvgIpc) is 3.06. The minimum Gasteiger partial charge on any atom is -0.497 e. The number of nitrogen functional groups attached to an aromatic ring is 1. The molecule has 0 aliphatic heterocycles. The van der Waals surface area contributed by atoms with Gasteiger partial charge in [0.05, 0.1) is 19.1 Å². The molecular weight excluding hydrogens is 390 g/mol. The number of anilines is 2. The summed E-state index contributed by atoms with van der Waals surface area (Å²) in [5.41, 5.74) is 5.43. The number of carbonyl (C=O) groups is 1. The average molecular weight is 411 g/mol. The third-order valence-corrected chi connectivity index (χ3v) is 4.74. The maximum Gasteiger partial charge on any atom is 0.264 e. The van der Waals surface area contributed by atoms with Crippen LogP contribution < -0.4 is 21.3 Å². The number of aromatic nitrogens is 3. The lowest BCUT2D eigenvalue weighted by Crippen LogP contribution is -2.16. The highest BCUT2D eigenvalue weighted by molar-refractivity contribution is 7.99. The summed E-state index contributed by atoms with van der Waals surface area (Å²) in [7, 11) is 1.61. The first-order valence-corrected chi connectivity index (χ1v) is 9.66. The van der Waals surface area contributed by atoms with Gasteiger partial charge in [-0.1, -0.05) is 23.9 Å². The molecule has 0 spiro atoms. The number of rotatable bonds is 8. The maximum atomic E-state index is 12.1. The smallest absolute Gasteiger partial charge is 0.264 e. The Morgan fingerprint density at radius 3 is 2.79 bits per heavy atom. The second-order valence-electron chi connectivity index (χ2n) is 6.03. The van der Waals surface area contributed by atoms with Crippen molar-refractivity contribution >= 4 is 35.5 Å². The Bertz CT molecular complexity index is 1000. The minimum absolute atomic E-state index is 0.151. The molecule has 2 aromatic carbocycles. The molecule has 3 aromatic rings. The van der Waals surface area contributed by atoms with Crippen LogP contribution in [0.15, 0.2) is 58.8 Å². The van der Waals surface area contributed by atoms with Crippen molar-refractivity contribution in [2.24, 2.45) is 5.10 Å². The van der Waals surface area contributed by atoms with Crippen LogP contribution >= 0.6 is 11.8 Å². The van der Waals surface area contributed by atoms with Gasteiger partial charge in [0, 0.05) is 5.69 Å². The van der Waals surface area contributed by atoms with Crippen LogP contribution in [0, 0.1) is 6.92 Å². The fraction of sp³-hybridized carbons (Fsp3) is 0.158. The Hall–Kier alpha value is -3.53. The molecule has 0 aliphatic carbocycles. The number of amides is 1. The van der Waals surface area contributed by atoms with Crippen molar-refractivity contribution in [1.29, 1.82) is 0 Å². The van der Waals surface area contributed by atoms with E-state index < -0.39 is 0 Å². The number of thioether (sulfide) groups is 1. The van der Waals surface area contributed by atoms with Gasteiger partial charge in [-0.25, -0.2) is 10.1 Å². The molecule has 0 unspecified atom stereocenters. The highest BCUT2D eigenvalue weighted by atomic mass is 32.2. The Balaban J connectivity index is 1.52. The second-order valence-corrected chi connectivity index (χ2v) is 6.97. The third kappa shape index (κ3) is 5.72. The zero-order valence-electron chi connectivity index (χ0n) is 16.0. The van der Waals surface area contributed by atoms with E-state index in [2.05, 4.69) is 26.0 Å². The van der Waals surface area contributed by atoms with E-state index in [1.165, 1.54) is 16.4 Å². The molecule has 0 aliphatic rings. The molecule has 0 atom stereocenters. The summed E-state index contributed by atoms with van der Waals surface area (Å²) < 4.78 is 6.36. The Morgan fingerprint density at radius 1 is 1.28 bits per heavy atom. The van der Waals surface area contributed by atoms with Gasteiger partial charge in [0.25, 0.3) is 5.95 Å². The van der Waals surface area contributed by atoms with Crippen LogP contribution in [0.5, 0.6) is 5.75 Å². The fourth-order valence-corrected chi connectivity index (χ4v) is 3.01. The zero-order valence-corrected chi connectivity index (χ0v) is 16.8. The molecule has 0 bridgehead atoms. The van der Waals surface area contributed by atoms with E-state index in [9.17, 15) is 4.79 Å². The first kappa shape index (κ1) is 20.2. The van der Waals surface area contributed by atoms with Gasteiger partial charge < -0.3 is 15.9 Å². The lowest BCUT2D eigenvalue weighted by Gasteiger charge is -2.06. The highest BCUT2D eigenvalue weighted by Crippen LogP contribution is 2.18. The molecule has 29 heavy (non-hydrogen) atoms. The number of nitrogens with two attached hydrogens (primary N) is 1. The summed E-state index contributed by atoms with van der Waals surface area (Å²) in [6.45, 7) is 1.97. The predicted molar refractivity (Wildman–Crippen MR) is 115 cm³/mol. The Kier molecular flexibility index (Phi) is 6.69. The highest BCUT2D eigenvalue weighted by Gasteiger charge is 2.12. The van der Waals surface area contributed by atoms with Gasteiger partial charge in [-0.05, 0) is 54.4 Å². The molecule has 3 rings (SSSR count). The van der Waals surface area contributed by atoms with Crippen LogP contribution in [0.4, 0.5) is 11.6 Å². The zero-order chi connectivity index (χ0) is 20.6. The van der Waals surface area contributed by atoms with Crippen molar-refractivity contribution in [3.63, 3.8) is 0 Å². The first-order valence-electron chi connectivity index (χ1n) is 8.68. The number of carbonyl (C=O) groups excluding carboxylic acids is 1. The topological polar surface area (TPSA) is 119 Å². The van der Waals surface area contributed by atoms with Gasteiger partial charge in [-0.15, -0.1) is 10.2 Å². The molecule has 0 fully saturated rings. The molecule has 0 radical (unpaired) electrons. The monoisotopic (exact) mass is 411 g/mol. The first-order chi connectivity index (χ1) is 14.0. The quantitative estimate of drug-likeness (QED) is 0.225. The molecule has 1 aromatic heterocycles. The summed E-state index contributed by atoms with van der Waals surface area (Å²) in [5, 5.41) is 15.2. The van der Waals surface area contributed by atoms with E-state index in [1.54, 1.807) is 13.3 Å². The number of methoxy groups -OCH3 is 1. The number of benzene rings is 2. The summed E-state index contributed by atoms with van der Waals surface area (Å²) >= 11 is 1.18.